The highest BCUT2D eigenvalue weighted by molar-refractivity contribution is 6.05. The van der Waals surface area contributed by atoms with Crippen LogP contribution in [0.2, 0.25) is 0 Å². The van der Waals surface area contributed by atoms with Gasteiger partial charge in [0.1, 0.15) is 22.8 Å². The first-order valence-electron chi connectivity index (χ1n) is 20.0. The van der Waals surface area contributed by atoms with E-state index in [2.05, 4.69) is 21.3 Å². The van der Waals surface area contributed by atoms with Gasteiger partial charge in [-0.3, -0.25) is 39.4 Å². The van der Waals surface area contributed by atoms with Gasteiger partial charge in [0.25, 0.3) is 35.0 Å². The maximum Gasteiger partial charge on any atom is 0.287 e. The Hall–Kier alpha value is -6.28. The molecule has 0 unspecified atom stereocenters. The molecule has 4 amide bonds. The molecule has 0 radical (unpaired) electrons. The second-order valence-corrected chi connectivity index (χ2v) is 15.4. The summed E-state index contributed by atoms with van der Waals surface area (Å²) in [5.41, 5.74) is 1.36. The number of unbranched alkanes of at least 4 members (excludes halogenated alkanes) is 5. The topological polar surface area (TPSA) is 229 Å². The lowest BCUT2D eigenvalue weighted by Crippen LogP contribution is -2.28. The van der Waals surface area contributed by atoms with Crippen molar-refractivity contribution in [2.75, 3.05) is 65.0 Å². The van der Waals surface area contributed by atoms with Gasteiger partial charge >= 0.3 is 0 Å². The van der Waals surface area contributed by atoms with Gasteiger partial charge in [0.2, 0.25) is 0 Å². The zero-order valence-corrected chi connectivity index (χ0v) is 35.4. The molecule has 0 aromatic carbocycles. The lowest BCUT2D eigenvalue weighted by atomic mass is 10.1. The van der Waals surface area contributed by atoms with Crippen molar-refractivity contribution in [1.29, 1.82) is 0 Å². The molecule has 4 aromatic rings. The molecule has 0 aliphatic carbocycles. The Morgan fingerprint density at radius 3 is 1.25 bits per heavy atom. The van der Waals surface area contributed by atoms with Crippen molar-refractivity contribution in [3.05, 3.63) is 92.1 Å². The number of carbonyl (C=O) groups excluding carboxylic acids is 4. The lowest BCUT2D eigenvalue weighted by molar-refractivity contribution is -0.385. The van der Waals surface area contributed by atoms with Crippen molar-refractivity contribution in [1.82, 2.24) is 38.7 Å². The number of rotatable bonds is 25. The summed E-state index contributed by atoms with van der Waals surface area (Å²) in [6, 6.07) is 5.60. The minimum Gasteiger partial charge on any atom is -0.351 e. The van der Waals surface area contributed by atoms with Crippen molar-refractivity contribution in [2.24, 2.45) is 14.1 Å². The Labute approximate surface area is 349 Å². The van der Waals surface area contributed by atoms with E-state index in [1.54, 1.807) is 56.9 Å². The lowest BCUT2D eigenvalue weighted by Gasteiger charge is -2.10. The number of nitrogens with zero attached hydrogens (tertiary/aromatic N) is 8. The number of aromatic nitrogens is 4. The summed E-state index contributed by atoms with van der Waals surface area (Å²) >= 11 is 0. The molecule has 4 heterocycles. The van der Waals surface area contributed by atoms with Gasteiger partial charge in [0, 0.05) is 64.8 Å². The SMILES string of the molecule is CN(C)CCCNC(=O)c1cc(NC(=O)c2cc([N+](=O)[O-])cn2CCCCCCCCn2cc([N+](=O)[O-])cc2C(=O)Nc2cc(C(=O)NCCCN(C)C)n(C)c2)cn1C. The van der Waals surface area contributed by atoms with Crippen LogP contribution in [0, 0.1) is 20.2 Å². The Morgan fingerprint density at radius 2 is 0.900 bits per heavy atom. The van der Waals surface area contributed by atoms with Crippen LogP contribution in [-0.2, 0) is 27.2 Å². The summed E-state index contributed by atoms with van der Waals surface area (Å²) in [7, 11) is 11.2. The average molecular weight is 835 g/mol. The zero-order chi connectivity index (χ0) is 43.9. The fourth-order valence-corrected chi connectivity index (χ4v) is 6.70. The highest BCUT2D eigenvalue weighted by Crippen LogP contribution is 2.23. The number of carbonyl (C=O) groups is 4. The number of amides is 4. The Kier molecular flexibility index (Phi) is 17.2. The van der Waals surface area contributed by atoms with Crippen molar-refractivity contribution in [3.8, 4) is 0 Å². The molecule has 20 nitrogen and oxygen atoms in total. The highest BCUT2D eigenvalue weighted by Gasteiger charge is 2.23. The molecular weight excluding hydrogens is 777 g/mol. The third-order valence-electron chi connectivity index (χ3n) is 9.83. The van der Waals surface area contributed by atoms with Gasteiger partial charge in [0.05, 0.1) is 33.6 Å². The van der Waals surface area contributed by atoms with E-state index in [4.69, 9.17) is 0 Å². The fraction of sp³-hybridized carbons (Fsp3) is 0.500. The molecule has 0 saturated carbocycles. The van der Waals surface area contributed by atoms with Crippen LogP contribution >= 0.6 is 0 Å². The van der Waals surface area contributed by atoms with E-state index in [1.165, 1.54) is 24.5 Å². The van der Waals surface area contributed by atoms with Crippen LogP contribution in [0.5, 0.6) is 0 Å². The van der Waals surface area contributed by atoms with Gasteiger partial charge in [-0.05, 0) is 79.1 Å². The van der Waals surface area contributed by atoms with E-state index in [0.29, 0.717) is 61.8 Å². The van der Waals surface area contributed by atoms with Crippen LogP contribution in [0.15, 0.2) is 49.1 Å². The van der Waals surface area contributed by atoms with E-state index in [0.717, 1.165) is 51.6 Å². The number of nitro groups is 2. The van der Waals surface area contributed by atoms with E-state index < -0.39 is 21.7 Å². The monoisotopic (exact) mass is 834 g/mol. The molecule has 326 valence electrons. The third-order valence-corrected chi connectivity index (χ3v) is 9.83. The van der Waals surface area contributed by atoms with Gasteiger partial charge < -0.3 is 49.3 Å². The second-order valence-electron chi connectivity index (χ2n) is 15.4. The quantitative estimate of drug-likeness (QED) is 0.0409. The molecule has 20 heteroatoms. The van der Waals surface area contributed by atoms with Crippen LogP contribution in [0.1, 0.15) is 93.3 Å². The largest absolute Gasteiger partial charge is 0.351 e. The summed E-state index contributed by atoms with van der Waals surface area (Å²) in [4.78, 5) is 78.2. The molecule has 4 rings (SSSR count). The first-order chi connectivity index (χ1) is 28.5. The molecule has 0 fully saturated rings. The van der Waals surface area contributed by atoms with Crippen LogP contribution < -0.4 is 21.3 Å². The second kappa shape index (κ2) is 22.2. The van der Waals surface area contributed by atoms with Crippen molar-refractivity contribution < 1.29 is 29.0 Å². The molecule has 0 saturated heterocycles. The summed E-state index contributed by atoms with van der Waals surface area (Å²) in [5, 5.41) is 34.5. The van der Waals surface area contributed by atoms with Gasteiger partial charge in [-0.15, -0.1) is 0 Å². The van der Waals surface area contributed by atoms with Crippen LogP contribution in [0.4, 0.5) is 22.7 Å². The number of anilines is 2. The van der Waals surface area contributed by atoms with Crippen molar-refractivity contribution in [2.45, 2.75) is 64.5 Å². The van der Waals surface area contributed by atoms with Crippen LogP contribution in [0.25, 0.3) is 0 Å². The first-order valence-corrected chi connectivity index (χ1v) is 20.0. The van der Waals surface area contributed by atoms with Crippen molar-refractivity contribution >= 4 is 46.4 Å². The Bertz CT molecular complexity index is 1980. The molecule has 60 heavy (non-hydrogen) atoms. The van der Waals surface area contributed by atoms with Crippen molar-refractivity contribution in [3.63, 3.8) is 0 Å². The standard InChI is InChI=1S/C40H58N12O8/c1-45(2)17-13-15-41-37(53)33-21-29(25-47(33)5)43-39(55)35-23-31(51(57)58)27-49(35)19-11-9-7-8-10-12-20-50-28-32(52(59)60)24-36(50)40(56)44-30-22-34(48(6)26-30)38(54)42-16-14-18-46(3)4/h21-28H,7-20H2,1-6H3,(H,41,53)(H,42,54)(H,43,55)(H,44,56). The molecule has 4 N–H and O–H groups in total. The van der Waals surface area contributed by atoms with Crippen LogP contribution in [-0.4, -0.2) is 116 Å². The summed E-state index contributed by atoms with van der Waals surface area (Å²) < 4.78 is 6.35. The average Bonchev–Trinajstić information content (AvgIpc) is 3.98. The van der Waals surface area contributed by atoms with E-state index in [9.17, 15) is 39.4 Å². The van der Waals surface area contributed by atoms with Gasteiger partial charge in [0.15, 0.2) is 0 Å². The fourth-order valence-electron chi connectivity index (χ4n) is 6.70. The van der Waals surface area contributed by atoms with E-state index in [1.807, 2.05) is 38.0 Å². The molecule has 0 atom stereocenters. The molecular formula is C40H58N12O8. The van der Waals surface area contributed by atoms with Gasteiger partial charge in [-0.25, -0.2) is 0 Å². The molecule has 0 spiro atoms. The summed E-state index contributed by atoms with van der Waals surface area (Å²) in [6.07, 6.45) is 12.0. The maximum absolute atomic E-state index is 13.3. The minimum absolute atomic E-state index is 0.130. The Balaban J connectivity index is 1.25. The van der Waals surface area contributed by atoms with E-state index >= 15 is 0 Å². The molecule has 4 aromatic heterocycles. The van der Waals surface area contributed by atoms with Gasteiger partial charge in [-0.1, -0.05) is 25.7 Å². The van der Waals surface area contributed by atoms with Gasteiger partial charge in [-0.2, -0.15) is 0 Å². The molecule has 0 aliphatic heterocycles. The Morgan fingerprint density at radius 1 is 0.533 bits per heavy atom. The zero-order valence-electron chi connectivity index (χ0n) is 35.4. The maximum atomic E-state index is 13.3. The number of hydrogen-bond acceptors (Lipinski definition) is 10. The predicted octanol–water partition coefficient (Wildman–Crippen LogP) is 4.69. The van der Waals surface area contributed by atoms with E-state index in [-0.39, 0.29) is 34.6 Å². The predicted molar refractivity (Wildman–Crippen MR) is 228 cm³/mol. The smallest absolute Gasteiger partial charge is 0.287 e. The third kappa shape index (κ3) is 13.7. The number of nitrogens with one attached hydrogen (secondary N) is 4. The number of hydrogen-bond donors (Lipinski definition) is 4. The number of aryl methyl sites for hydroxylation is 4. The first kappa shape index (κ1) is 46.4. The molecule has 0 bridgehead atoms. The normalized spacial score (nSPS) is 11.3. The minimum atomic E-state index is -0.545. The molecule has 0 aliphatic rings. The summed E-state index contributed by atoms with van der Waals surface area (Å²) in [5.74, 6) is -1.62. The highest BCUT2D eigenvalue weighted by atomic mass is 16.6. The summed E-state index contributed by atoms with van der Waals surface area (Å²) in [6.45, 7) is 3.42. The van der Waals surface area contributed by atoms with Crippen LogP contribution in [0.3, 0.4) is 0 Å².